The van der Waals surface area contributed by atoms with Gasteiger partial charge in [0.1, 0.15) is 5.69 Å². The summed E-state index contributed by atoms with van der Waals surface area (Å²) in [6.45, 7) is 0. The Hall–Kier alpha value is -1.18. The van der Waals surface area contributed by atoms with Crippen molar-refractivity contribution in [3.8, 4) is 11.8 Å². The monoisotopic (exact) mass is 378 g/mol. The number of nitriles is 1. The molecule has 0 amide bonds. The molecule has 0 aromatic carbocycles. The standard InChI is InChI=1S/C9H4F5IN2O/c10-8(11)6-7(18-9(12,13)14)5(15)3-4(17-6)1-2-16/h3,8H,1H2. The zero-order valence-corrected chi connectivity index (χ0v) is 10.6. The first-order valence-electron chi connectivity index (χ1n) is 4.34. The third-order valence-corrected chi connectivity index (χ3v) is 2.49. The fourth-order valence-electron chi connectivity index (χ4n) is 1.11. The molecule has 0 fully saturated rings. The number of hydrogen-bond acceptors (Lipinski definition) is 3. The highest BCUT2D eigenvalue weighted by atomic mass is 127. The van der Waals surface area contributed by atoms with Crippen molar-refractivity contribution in [3.05, 3.63) is 21.0 Å². The van der Waals surface area contributed by atoms with Gasteiger partial charge >= 0.3 is 6.36 Å². The molecule has 1 heterocycles. The molecule has 98 valence electrons. The molecule has 0 bridgehead atoms. The maximum Gasteiger partial charge on any atom is 0.573 e. The molecule has 0 radical (unpaired) electrons. The first-order valence-corrected chi connectivity index (χ1v) is 5.42. The van der Waals surface area contributed by atoms with Crippen LogP contribution in [0.1, 0.15) is 17.8 Å². The van der Waals surface area contributed by atoms with Crippen LogP contribution in [-0.2, 0) is 6.42 Å². The SMILES string of the molecule is N#CCc1cc(I)c(OC(F)(F)F)c(C(F)F)n1. The lowest BCUT2D eigenvalue weighted by atomic mass is 10.2. The Morgan fingerprint density at radius 3 is 2.50 bits per heavy atom. The van der Waals surface area contributed by atoms with Crippen LogP contribution in [0.2, 0.25) is 0 Å². The molecule has 1 aromatic heterocycles. The number of alkyl halides is 5. The second-order valence-corrected chi connectivity index (χ2v) is 4.16. The number of ether oxygens (including phenoxy) is 1. The predicted molar refractivity (Wildman–Crippen MR) is 57.9 cm³/mol. The van der Waals surface area contributed by atoms with E-state index in [1.54, 1.807) is 6.07 Å². The van der Waals surface area contributed by atoms with E-state index in [2.05, 4.69) is 9.72 Å². The second-order valence-electron chi connectivity index (χ2n) is 2.99. The molecule has 9 heteroatoms. The van der Waals surface area contributed by atoms with E-state index in [9.17, 15) is 22.0 Å². The highest BCUT2D eigenvalue weighted by Crippen LogP contribution is 2.35. The zero-order chi connectivity index (χ0) is 13.9. The molecule has 0 N–H and O–H groups in total. The quantitative estimate of drug-likeness (QED) is 0.597. The summed E-state index contributed by atoms with van der Waals surface area (Å²) in [5.74, 6) is -1.03. The van der Waals surface area contributed by atoms with Crippen LogP contribution < -0.4 is 4.74 Å². The van der Waals surface area contributed by atoms with Gasteiger partial charge in [-0.3, -0.25) is 0 Å². The average molecular weight is 378 g/mol. The van der Waals surface area contributed by atoms with E-state index in [-0.39, 0.29) is 15.7 Å². The molecular formula is C9H4F5IN2O. The van der Waals surface area contributed by atoms with Crippen LogP contribution >= 0.6 is 22.6 Å². The van der Waals surface area contributed by atoms with E-state index in [1.807, 2.05) is 0 Å². The summed E-state index contributed by atoms with van der Waals surface area (Å²) in [5, 5.41) is 8.40. The molecule has 18 heavy (non-hydrogen) atoms. The van der Waals surface area contributed by atoms with E-state index < -0.39 is 24.2 Å². The maximum atomic E-state index is 12.6. The van der Waals surface area contributed by atoms with Gasteiger partial charge in [-0.1, -0.05) is 0 Å². The highest BCUT2D eigenvalue weighted by Gasteiger charge is 2.35. The summed E-state index contributed by atoms with van der Waals surface area (Å²) < 4.78 is 64.7. The summed E-state index contributed by atoms with van der Waals surface area (Å²) in [4.78, 5) is 3.30. The number of aromatic nitrogens is 1. The number of pyridine rings is 1. The predicted octanol–water partition coefficient (Wildman–Crippen LogP) is 3.59. The van der Waals surface area contributed by atoms with E-state index in [1.165, 1.54) is 22.6 Å². The summed E-state index contributed by atoms with van der Waals surface area (Å²) in [6.07, 6.45) is -8.58. The molecule has 0 spiro atoms. The Balaban J connectivity index is 3.28. The van der Waals surface area contributed by atoms with Crippen molar-refractivity contribution in [2.24, 2.45) is 0 Å². The van der Waals surface area contributed by atoms with Gasteiger partial charge in [0.05, 0.1) is 21.8 Å². The van der Waals surface area contributed by atoms with Gasteiger partial charge in [-0.05, 0) is 28.7 Å². The normalized spacial score (nSPS) is 11.4. The van der Waals surface area contributed by atoms with Crippen LogP contribution in [0.25, 0.3) is 0 Å². The maximum absolute atomic E-state index is 12.6. The van der Waals surface area contributed by atoms with E-state index in [0.29, 0.717) is 0 Å². The molecule has 0 saturated heterocycles. The Morgan fingerprint density at radius 2 is 2.06 bits per heavy atom. The lowest BCUT2D eigenvalue weighted by molar-refractivity contribution is -0.275. The zero-order valence-electron chi connectivity index (χ0n) is 8.43. The molecule has 3 nitrogen and oxygen atoms in total. The molecule has 0 saturated carbocycles. The van der Waals surface area contributed by atoms with Crippen molar-refractivity contribution in [2.45, 2.75) is 19.2 Å². The Morgan fingerprint density at radius 1 is 1.44 bits per heavy atom. The van der Waals surface area contributed by atoms with E-state index in [0.717, 1.165) is 6.07 Å². The van der Waals surface area contributed by atoms with Crippen LogP contribution in [-0.4, -0.2) is 11.3 Å². The van der Waals surface area contributed by atoms with Gasteiger partial charge < -0.3 is 4.74 Å². The number of hydrogen-bond donors (Lipinski definition) is 0. The molecule has 0 aliphatic heterocycles. The Bertz CT molecular complexity index is 483. The van der Waals surface area contributed by atoms with Crippen molar-refractivity contribution in [1.82, 2.24) is 4.98 Å². The summed E-state index contributed by atoms with van der Waals surface area (Å²) in [6, 6.07) is 2.77. The Kier molecular flexibility index (Phi) is 4.66. The smallest absolute Gasteiger partial charge is 0.402 e. The number of rotatable bonds is 3. The highest BCUT2D eigenvalue weighted by molar-refractivity contribution is 14.1. The van der Waals surface area contributed by atoms with Crippen molar-refractivity contribution < 1.29 is 26.7 Å². The molecular weight excluding hydrogens is 374 g/mol. The third-order valence-electron chi connectivity index (χ3n) is 1.69. The minimum atomic E-state index is -5.08. The van der Waals surface area contributed by atoms with Crippen molar-refractivity contribution in [3.63, 3.8) is 0 Å². The molecule has 0 unspecified atom stereocenters. The minimum Gasteiger partial charge on any atom is -0.402 e. The third kappa shape index (κ3) is 3.94. The van der Waals surface area contributed by atoms with Crippen LogP contribution in [0.4, 0.5) is 22.0 Å². The summed E-state index contributed by atoms with van der Waals surface area (Å²) >= 11 is 1.42. The summed E-state index contributed by atoms with van der Waals surface area (Å²) in [7, 11) is 0. The van der Waals surface area contributed by atoms with Gasteiger partial charge in [0.25, 0.3) is 6.43 Å². The molecule has 0 atom stereocenters. The lowest BCUT2D eigenvalue weighted by Gasteiger charge is -2.14. The Labute approximate surface area is 112 Å². The number of halogens is 6. The second kappa shape index (κ2) is 5.64. The van der Waals surface area contributed by atoms with Crippen LogP contribution in [0.5, 0.6) is 5.75 Å². The van der Waals surface area contributed by atoms with Crippen LogP contribution in [0, 0.1) is 14.9 Å². The number of nitrogens with zero attached hydrogens (tertiary/aromatic N) is 2. The van der Waals surface area contributed by atoms with E-state index in [4.69, 9.17) is 5.26 Å². The lowest BCUT2D eigenvalue weighted by Crippen LogP contribution is -2.20. The average Bonchev–Trinajstić information content (AvgIpc) is 2.20. The van der Waals surface area contributed by atoms with Crippen LogP contribution in [0.3, 0.4) is 0 Å². The van der Waals surface area contributed by atoms with Gasteiger partial charge in [0, 0.05) is 0 Å². The first-order chi connectivity index (χ1) is 8.24. The largest absolute Gasteiger partial charge is 0.573 e. The van der Waals surface area contributed by atoms with Gasteiger partial charge in [0.2, 0.25) is 0 Å². The van der Waals surface area contributed by atoms with Gasteiger partial charge in [-0.2, -0.15) is 5.26 Å². The van der Waals surface area contributed by atoms with Crippen molar-refractivity contribution >= 4 is 22.6 Å². The van der Waals surface area contributed by atoms with Gasteiger partial charge in [-0.25, -0.2) is 13.8 Å². The molecule has 1 rings (SSSR count). The minimum absolute atomic E-state index is 0.0354. The first kappa shape index (κ1) is 14.9. The van der Waals surface area contributed by atoms with Gasteiger partial charge in [-0.15, -0.1) is 13.2 Å². The van der Waals surface area contributed by atoms with E-state index >= 15 is 0 Å². The van der Waals surface area contributed by atoms with Crippen LogP contribution in [0.15, 0.2) is 6.07 Å². The van der Waals surface area contributed by atoms with Crippen molar-refractivity contribution in [1.29, 1.82) is 5.26 Å². The molecule has 0 aliphatic carbocycles. The molecule has 0 aliphatic rings. The van der Waals surface area contributed by atoms with Gasteiger partial charge in [0.15, 0.2) is 5.75 Å². The molecule has 1 aromatic rings. The fourth-order valence-corrected chi connectivity index (χ4v) is 1.85. The fraction of sp³-hybridized carbons (Fsp3) is 0.333. The van der Waals surface area contributed by atoms with Crippen molar-refractivity contribution in [2.75, 3.05) is 0 Å². The topological polar surface area (TPSA) is 45.9 Å². The summed E-state index contributed by atoms with van der Waals surface area (Å²) in [5.41, 5.74) is -1.16.